The molecule has 0 radical (unpaired) electrons. The predicted octanol–water partition coefficient (Wildman–Crippen LogP) is 3.03. The Morgan fingerprint density at radius 2 is 2.07 bits per heavy atom. The Kier molecular flexibility index (Phi) is 5.12. The highest BCUT2D eigenvalue weighted by Crippen LogP contribution is 2.37. The maximum absolute atomic E-state index is 11.3. The zero-order valence-electron chi connectivity index (χ0n) is 15.6. The predicted molar refractivity (Wildman–Crippen MR) is 113 cm³/mol. The van der Waals surface area contributed by atoms with Gasteiger partial charge in [0.25, 0.3) is 0 Å². The number of hydrogen-bond donors (Lipinski definition) is 1. The SMILES string of the molecule is Cc1sc2nc(-c3cccs3)nc(N3CCCN(CC(N)=O)CC3)c2c1C. The second-order valence-electron chi connectivity index (χ2n) is 6.89. The number of primary amides is 1. The van der Waals surface area contributed by atoms with Crippen molar-refractivity contribution in [2.45, 2.75) is 20.3 Å². The lowest BCUT2D eigenvalue weighted by molar-refractivity contribution is -0.119. The van der Waals surface area contributed by atoms with Crippen LogP contribution in [0.3, 0.4) is 0 Å². The van der Waals surface area contributed by atoms with Crippen LogP contribution in [0.15, 0.2) is 17.5 Å². The van der Waals surface area contributed by atoms with Gasteiger partial charge in [-0.25, -0.2) is 9.97 Å². The molecular formula is C19H23N5OS2. The Morgan fingerprint density at radius 1 is 1.22 bits per heavy atom. The van der Waals surface area contributed by atoms with Gasteiger partial charge in [0.2, 0.25) is 5.91 Å². The minimum absolute atomic E-state index is 0.267. The molecule has 0 atom stereocenters. The molecule has 6 nitrogen and oxygen atoms in total. The fourth-order valence-electron chi connectivity index (χ4n) is 3.53. The van der Waals surface area contributed by atoms with E-state index in [0.717, 1.165) is 53.9 Å². The van der Waals surface area contributed by atoms with Crippen LogP contribution in [0.25, 0.3) is 20.9 Å². The van der Waals surface area contributed by atoms with Crippen LogP contribution in [-0.2, 0) is 4.79 Å². The third-order valence-corrected chi connectivity index (χ3v) is 6.99. The summed E-state index contributed by atoms with van der Waals surface area (Å²) in [6, 6.07) is 4.10. The molecule has 3 aromatic heterocycles. The van der Waals surface area contributed by atoms with Gasteiger partial charge in [-0.05, 0) is 37.3 Å². The number of rotatable bonds is 4. The van der Waals surface area contributed by atoms with Gasteiger partial charge in [-0.3, -0.25) is 9.69 Å². The van der Waals surface area contributed by atoms with E-state index in [1.165, 1.54) is 15.8 Å². The highest BCUT2D eigenvalue weighted by molar-refractivity contribution is 7.19. The van der Waals surface area contributed by atoms with Crippen molar-refractivity contribution in [1.82, 2.24) is 14.9 Å². The molecule has 0 aliphatic carbocycles. The number of carbonyl (C=O) groups is 1. The summed E-state index contributed by atoms with van der Waals surface area (Å²) in [6.45, 7) is 8.07. The van der Waals surface area contributed by atoms with Gasteiger partial charge in [-0.1, -0.05) is 6.07 Å². The van der Waals surface area contributed by atoms with Crippen molar-refractivity contribution in [2.75, 3.05) is 37.6 Å². The van der Waals surface area contributed by atoms with E-state index in [-0.39, 0.29) is 5.91 Å². The second-order valence-corrected chi connectivity index (χ2v) is 9.05. The maximum atomic E-state index is 11.3. The molecule has 1 aliphatic rings. The van der Waals surface area contributed by atoms with E-state index in [1.54, 1.807) is 22.7 Å². The molecule has 8 heteroatoms. The first kappa shape index (κ1) is 18.3. The van der Waals surface area contributed by atoms with Crippen molar-refractivity contribution in [3.63, 3.8) is 0 Å². The first-order valence-corrected chi connectivity index (χ1v) is 10.8. The molecule has 0 spiro atoms. The number of aromatic nitrogens is 2. The molecule has 0 bridgehead atoms. The fraction of sp³-hybridized carbons (Fsp3) is 0.421. The zero-order valence-corrected chi connectivity index (χ0v) is 17.2. The molecule has 4 heterocycles. The Labute approximate surface area is 166 Å². The monoisotopic (exact) mass is 401 g/mol. The highest BCUT2D eigenvalue weighted by Gasteiger charge is 2.23. The van der Waals surface area contributed by atoms with E-state index in [1.807, 2.05) is 6.07 Å². The lowest BCUT2D eigenvalue weighted by atomic mass is 10.2. The number of hydrogen-bond acceptors (Lipinski definition) is 7. The maximum Gasteiger partial charge on any atom is 0.231 e. The molecule has 4 rings (SSSR count). The van der Waals surface area contributed by atoms with Gasteiger partial charge in [0.05, 0.1) is 16.8 Å². The molecule has 1 saturated heterocycles. The summed E-state index contributed by atoms with van der Waals surface area (Å²) in [6.07, 6.45) is 0.981. The summed E-state index contributed by atoms with van der Waals surface area (Å²) in [7, 11) is 0. The van der Waals surface area contributed by atoms with Gasteiger partial charge in [-0.15, -0.1) is 22.7 Å². The minimum Gasteiger partial charge on any atom is -0.369 e. The summed E-state index contributed by atoms with van der Waals surface area (Å²) >= 11 is 3.40. The first-order valence-electron chi connectivity index (χ1n) is 9.10. The van der Waals surface area contributed by atoms with Crippen molar-refractivity contribution in [2.24, 2.45) is 5.73 Å². The Balaban J connectivity index is 1.74. The van der Waals surface area contributed by atoms with Crippen LogP contribution in [-0.4, -0.2) is 53.5 Å². The number of fused-ring (bicyclic) bond motifs is 1. The third-order valence-electron chi connectivity index (χ3n) is 5.02. The fourth-order valence-corrected chi connectivity index (χ4v) is 5.22. The number of aryl methyl sites for hydroxylation is 2. The lowest BCUT2D eigenvalue weighted by Crippen LogP contribution is -2.37. The van der Waals surface area contributed by atoms with Crippen LogP contribution in [0.1, 0.15) is 16.9 Å². The summed E-state index contributed by atoms with van der Waals surface area (Å²) in [4.78, 5) is 29.0. The van der Waals surface area contributed by atoms with Crippen LogP contribution >= 0.6 is 22.7 Å². The molecule has 0 unspecified atom stereocenters. The average molecular weight is 402 g/mol. The van der Waals surface area contributed by atoms with E-state index in [9.17, 15) is 4.79 Å². The zero-order chi connectivity index (χ0) is 19.0. The van der Waals surface area contributed by atoms with Crippen LogP contribution in [0.4, 0.5) is 5.82 Å². The molecule has 1 aliphatic heterocycles. The van der Waals surface area contributed by atoms with Gasteiger partial charge >= 0.3 is 0 Å². The van der Waals surface area contributed by atoms with Gasteiger partial charge < -0.3 is 10.6 Å². The molecule has 2 N–H and O–H groups in total. The summed E-state index contributed by atoms with van der Waals surface area (Å²) in [5, 5.41) is 3.22. The second kappa shape index (κ2) is 7.53. The van der Waals surface area contributed by atoms with E-state index >= 15 is 0 Å². The van der Waals surface area contributed by atoms with Gasteiger partial charge in [-0.2, -0.15) is 0 Å². The van der Waals surface area contributed by atoms with Crippen molar-refractivity contribution in [3.05, 3.63) is 28.0 Å². The van der Waals surface area contributed by atoms with Gasteiger partial charge in [0.15, 0.2) is 5.82 Å². The number of nitrogens with two attached hydrogens (primary N) is 1. The van der Waals surface area contributed by atoms with E-state index in [2.05, 4.69) is 35.1 Å². The number of anilines is 1. The average Bonchev–Trinajstić information content (AvgIpc) is 3.19. The van der Waals surface area contributed by atoms with E-state index < -0.39 is 0 Å². The highest BCUT2D eigenvalue weighted by atomic mass is 32.1. The summed E-state index contributed by atoms with van der Waals surface area (Å²) in [5.41, 5.74) is 6.64. The standard InChI is InChI=1S/C19H23N5OS2/c1-12-13(2)27-19-16(12)18(21-17(22-19)14-5-3-10-26-14)24-7-4-6-23(8-9-24)11-15(20)25/h3,5,10H,4,6-9,11H2,1-2H3,(H2,20,25). The Hall–Kier alpha value is -2.03. The number of amides is 1. The quantitative estimate of drug-likeness (QED) is 0.727. The third kappa shape index (κ3) is 3.69. The van der Waals surface area contributed by atoms with E-state index in [4.69, 9.17) is 15.7 Å². The van der Waals surface area contributed by atoms with Gasteiger partial charge in [0.1, 0.15) is 10.6 Å². The molecule has 27 heavy (non-hydrogen) atoms. The number of nitrogens with zero attached hydrogens (tertiary/aromatic N) is 4. The molecule has 0 saturated carbocycles. The van der Waals surface area contributed by atoms with Crippen LogP contribution in [0.2, 0.25) is 0 Å². The molecule has 1 fully saturated rings. The summed E-state index contributed by atoms with van der Waals surface area (Å²) < 4.78 is 0. The molecular weight excluding hydrogens is 378 g/mol. The lowest BCUT2D eigenvalue weighted by Gasteiger charge is -2.23. The molecule has 1 amide bonds. The largest absolute Gasteiger partial charge is 0.369 e. The van der Waals surface area contributed by atoms with Crippen molar-refractivity contribution < 1.29 is 4.79 Å². The Morgan fingerprint density at radius 3 is 2.81 bits per heavy atom. The van der Waals surface area contributed by atoms with E-state index in [0.29, 0.717) is 6.54 Å². The number of carbonyl (C=O) groups excluding carboxylic acids is 1. The van der Waals surface area contributed by atoms with Crippen LogP contribution in [0.5, 0.6) is 0 Å². The molecule has 0 aromatic carbocycles. The van der Waals surface area contributed by atoms with Crippen LogP contribution in [0, 0.1) is 13.8 Å². The first-order chi connectivity index (χ1) is 13.0. The minimum atomic E-state index is -0.267. The van der Waals surface area contributed by atoms with Crippen LogP contribution < -0.4 is 10.6 Å². The van der Waals surface area contributed by atoms with Crippen molar-refractivity contribution >= 4 is 44.6 Å². The van der Waals surface area contributed by atoms with Crippen molar-refractivity contribution in [3.8, 4) is 10.7 Å². The normalized spacial score (nSPS) is 16.0. The molecule has 142 valence electrons. The molecule has 3 aromatic rings. The van der Waals surface area contributed by atoms with Crippen molar-refractivity contribution in [1.29, 1.82) is 0 Å². The number of thiophene rings is 2. The Bertz CT molecular complexity index is 966. The topological polar surface area (TPSA) is 75.3 Å². The van der Waals surface area contributed by atoms with Gasteiger partial charge in [0, 0.05) is 31.1 Å². The summed E-state index contributed by atoms with van der Waals surface area (Å²) in [5.74, 6) is 1.55. The smallest absolute Gasteiger partial charge is 0.231 e.